The van der Waals surface area contributed by atoms with E-state index < -0.39 is 63.1 Å². The second-order valence-electron chi connectivity index (χ2n) is 18.7. The summed E-state index contributed by atoms with van der Waals surface area (Å²) < 4.78 is 34.3. The molecule has 1 rings (SSSR count). The first-order valence-corrected chi connectivity index (χ1v) is 28.3. The van der Waals surface area contributed by atoms with Crippen molar-refractivity contribution in [3.63, 3.8) is 0 Å². The summed E-state index contributed by atoms with van der Waals surface area (Å²) in [6.45, 7) is 4.27. The third-order valence-electron chi connectivity index (χ3n) is 12.5. The van der Waals surface area contributed by atoms with Gasteiger partial charge in [-0.25, -0.2) is 4.57 Å². The van der Waals surface area contributed by atoms with Crippen LogP contribution >= 0.6 is 7.82 Å². The Bertz CT molecular complexity index is 1230. The van der Waals surface area contributed by atoms with Gasteiger partial charge in [0, 0.05) is 13.0 Å². The average molecular weight is 959 g/mol. The number of unbranched alkanes of at least 4 members (excludes halogenated alkanes) is 28. The number of rotatable bonds is 46. The highest BCUT2D eigenvalue weighted by atomic mass is 31.2. The molecule has 0 amide bonds. The molecule has 0 aromatic heterocycles. The van der Waals surface area contributed by atoms with Crippen molar-refractivity contribution >= 4 is 13.8 Å². The van der Waals surface area contributed by atoms with Crippen LogP contribution in [0.5, 0.6) is 0 Å². The molecule has 0 heterocycles. The van der Waals surface area contributed by atoms with Crippen LogP contribution in [0, 0.1) is 0 Å². The minimum absolute atomic E-state index is 0.0790. The lowest BCUT2D eigenvalue weighted by atomic mass is 9.85. The smallest absolute Gasteiger partial charge is 0.457 e. The van der Waals surface area contributed by atoms with Gasteiger partial charge in [0.15, 0.2) is 0 Å². The molecule has 1 aliphatic carbocycles. The van der Waals surface area contributed by atoms with Crippen molar-refractivity contribution in [2.45, 2.75) is 275 Å². The van der Waals surface area contributed by atoms with E-state index in [1.54, 1.807) is 0 Å². The number of esters is 1. The van der Waals surface area contributed by atoms with Crippen LogP contribution < -0.4 is 0 Å². The second kappa shape index (κ2) is 43.6. The van der Waals surface area contributed by atoms with Gasteiger partial charge in [-0.15, -0.1) is 0 Å². The van der Waals surface area contributed by atoms with Crippen LogP contribution in [-0.4, -0.2) is 98.9 Å². The normalized spacial score (nSPS) is 21.6. The predicted molar refractivity (Wildman–Crippen MR) is 267 cm³/mol. The van der Waals surface area contributed by atoms with Crippen LogP contribution in [0.25, 0.3) is 0 Å². The lowest BCUT2D eigenvalue weighted by Crippen LogP contribution is -2.64. The van der Waals surface area contributed by atoms with Gasteiger partial charge in [-0.05, 0) is 70.6 Å². The van der Waals surface area contributed by atoms with E-state index in [1.807, 2.05) is 0 Å². The first-order chi connectivity index (χ1) is 32.0. The minimum Gasteiger partial charge on any atom is -0.457 e. The van der Waals surface area contributed by atoms with Crippen LogP contribution in [0.4, 0.5) is 0 Å². The Labute approximate surface area is 402 Å². The highest BCUT2D eigenvalue weighted by Gasteiger charge is 2.51. The van der Waals surface area contributed by atoms with E-state index >= 15 is 0 Å². The SMILES string of the molecule is CCCCCCC/C=C\C/C=C\CCCCCCCCCCCC(=O)OC(COCCCCCCCCCC/C=C\CCCCCCCC)COP(=O)(O)OC1C(O)C(O)C(O)C(O)C1O. The van der Waals surface area contributed by atoms with Crippen molar-refractivity contribution in [3.05, 3.63) is 36.5 Å². The van der Waals surface area contributed by atoms with Gasteiger partial charge in [0.2, 0.25) is 0 Å². The molecule has 0 aromatic carbocycles. The second-order valence-corrected chi connectivity index (χ2v) is 20.1. The fourth-order valence-electron chi connectivity index (χ4n) is 8.21. The molecule has 6 atom stereocenters. The fourth-order valence-corrected chi connectivity index (χ4v) is 9.18. The molecular formula is C53H99O12P. The zero-order valence-electron chi connectivity index (χ0n) is 41.7. The summed E-state index contributed by atoms with van der Waals surface area (Å²) in [7, 11) is -5.02. The number of phosphoric ester groups is 1. The van der Waals surface area contributed by atoms with Crippen molar-refractivity contribution in [2.24, 2.45) is 0 Å². The first kappa shape index (κ1) is 62.6. The van der Waals surface area contributed by atoms with Crippen LogP contribution in [-0.2, 0) is 27.9 Å². The molecule has 0 aliphatic heterocycles. The molecular weight excluding hydrogens is 860 g/mol. The van der Waals surface area contributed by atoms with Gasteiger partial charge in [0.25, 0.3) is 0 Å². The fraction of sp³-hybridized carbons (Fsp3) is 0.868. The Kier molecular flexibility index (Phi) is 41.3. The molecule has 1 saturated carbocycles. The summed E-state index contributed by atoms with van der Waals surface area (Å²) in [5, 5.41) is 50.3. The van der Waals surface area contributed by atoms with Gasteiger partial charge in [-0.3, -0.25) is 13.8 Å². The Morgan fingerprint density at radius 3 is 1.29 bits per heavy atom. The van der Waals surface area contributed by atoms with Gasteiger partial charge >= 0.3 is 13.8 Å². The summed E-state index contributed by atoms with van der Waals surface area (Å²) in [5.74, 6) is -0.480. The van der Waals surface area contributed by atoms with Gasteiger partial charge in [-0.2, -0.15) is 0 Å². The van der Waals surface area contributed by atoms with Crippen molar-refractivity contribution in [1.82, 2.24) is 0 Å². The van der Waals surface area contributed by atoms with E-state index in [4.69, 9.17) is 18.5 Å². The molecule has 13 heteroatoms. The van der Waals surface area contributed by atoms with Crippen molar-refractivity contribution in [3.8, 4) is 0 Å². The number of hydrogen-bond donors (Lipinski definition) is 6. The summed E-state index contributed by atoms with van der Waals surface area (Å²) in [4.78, 5) is 23.3. The lowest BCUT2D eigenvalue weighted by Gasteiger charge is -2.41. The standard InChI is InChI=1S/C53H99O12P/c1-3-5-7-9-11-13-15-17-19-21-23-24-25-26-28-30-32-34-36-38-40-42-47(54)64-46(45-63-66(60,61)65-53-51(58)49(56)48(55)50(57)52(53)59)44-62-43-41-39-37-35-33-31-29-27-22-20-18-16-14-12-10-8-6-4-2/h15,17-18,20-21,23,46,48-53,55-59H,3-14,16,19,22,24-45H2,1-2H3,(H,60,61)/b17-15-,20-18-,23-21-. The van der Waals surface area contributed by atoms with Gasteiger partial charge in [0.1, 0.15) is 42.7 Å². The number of hydrogen-bond acceptors (Lipinski definition) is 11. The van der Waals surface area contributed by atoms with Crippen LogP contribution in [0.1, 0.15) is 232 Å². The highest BCUT2D eigenvalue weighted by molar-refractivity contribution is 7.47. The maximum Gasteiger partial charge on any atom is 0.472 e. The third kappa shape index (κ3) is 34.8. The third-order valence-corrected chi connectivity index (χ3v) is 13.5. The Morgan fingerprint density at radius 2 is 0.848 bits per heavy atom. The average Bonchev–Trinajstić information content (AvgIpc) is 3.30. The van der Waals surface area contributed by atoms with Gasteiger partial charge in [0.05, 0.1) is 13.2 Å². The zero-order chi connectivity index (χ0) is 48.4. The summed E-state index contributed by atoms with van der Waals surface area (Å²) in [6.07, 6.45) is 40.6. The summed E-state index contributed by atoms with van der Waals surface area (Å²) in [5.41, 5.74) is 0. The maximum atomic E-state index is 12.9. The number of aliphatic hydroxyl groups excluding tert-OH is 5. The molecule has 6 unspecified atom stereocenters. The van der Waals surface area contributed by atoms with Crippen LogP contribution in [0.3, 0.4) is 0 Å². The predicted octanol–water partition coefficient (Wildman–Crippen LogP) is 12.2. The molecule has 0 spiro atoms. The lowest BCUT2D eigenvalue weighted by molar-refractivity contribution is -0.220. The molecule has 12 nitrogen and oxygen atoms in total. The summed E-state index contributed by atoms with van der Waals surface area (Å²) in [6, 6.07) is 0. The molecule has 0 aromatic rings. The first-order valence-electron chi connectivity index (χ1n) is 26.8. The quantitative estimate of drug-likeness (QED) is 0.0147. The van der Waals surface area contributed by atoms with E-state index in [9.17, 15) is 39.8 Å². The molecule has 1 fully saturated rings. The number of aliphatic hydroxyl groups is 5. The van der Waals surface area contributed by atoms with Gasteiger partial charge < -0.3 is 39.9 Å². The Balaban J connectivity index is 2.33. The van der Waals surface area contributed by atoms with Crippen molar-refractivity contribution < 1.29 is 58.3 Å². The van der Waals surface area contributed by atoms with E-state index in [1.165, 1.54) is 154 Å². The molecule has 66 heavy (non-hydrogen) atoms. The monoisotopic (exact) mass is 959 g/mol. The van der Waals surface area contributed by atoms with Gasteiger partial charge in [-0.1, -0.05) is 192 Å². The topological polar surface area (TPSA) is 192 Å². The zero-order valence-corrected chi connectivity index (χ0v) is 42.6. The van der Waals surface area contributed by atoms with Crippen LogP contribution in [0.15, 0.2) is 36.5 Å². The largest absolute Gasteiger partial charge is 0.472 e. The number of carbonyl (C=O) groups is 1. The molecule has 388 valence electrons. The Morgan fingerprint density at radius 1 is 0.485 bits per heavy atom. The van der Waals surface area contributed by atoms with Crippen LogP contribution in [0.2, 0.25) is 0 Å². The van der Waals surface area contributed by atoms with E-state index in [2.05, 4.69) is 50.3 Å². The maximum absolute atomic E-state index is 12.9. The number of carbonyl (C=O) groups excluding carboxylic acids is 1. The molecule has 0 radical (unpaired) electrons. The molecule has 6 N–H and O–H groups in total. The minimum atomic E-state index is -5.02. The van der Waals surface area contributed by atoms with E-state index in [0.717, 1.165) is 51.4 Å². The van der Waals surface area contributed by atoms with Crippen molar-refractivity contribution in [2.75, 3.05) is 19.8 Å². The van der Waals surface area contributed by atoms with E-state index in [0.29, 0.717) is 13.0 Å². The number of phosphoric acid groups is 1. The molecule has 0 bridgehead atoms. The molecule has 0 saturated heterocycles. The highest BCUT2D eigenvalue weighted by Crippen LogP contribution is 2.47. The van der Waals surface area contributed by atoms with Crippen molar-refractivity contribution in [1.29, 1.82) is 0 Å². The number of ether oxygens (including phenoxy) is 2. The number of allylic oxidation sites excluding steroid dienone is 6. The molecule has 1 aliphatic rings. The Hall–Kier alpha value is -1.44. The summed E-state index contributed by atoms with van der Waals surface area (Å²) >= 11 is 0. The van der Waals surface area contributed by atoms with E-state index in [-0.39, 0.29) is 13.0 Å².